The van der Waals surface area contributed by atoms with Gasteiger partial charge in [-0.25, -0.2) is 0 Å². The molecular weight excluding hydrogens is 441 g/mol. The maximum Gasteiger partial charge on any atom is 0.273 e. The van der Waals surface area contributed by atoms with E-state index in [1.807, 2.05) is 13.8 Å². The summed E-state index contributed by atoms with van der Waals surface area (Å²) in [5, 5.41) is 15.0. The highest BCUT2D eigenvalue weighted by Crippen LogP contribution is 2.25. The molecule has 9 heteroatoms. The van der Waals surface area contributed by atoms with Crippen LogP contribution < -0.4 is 5.32 Å². The zero-order chi connectivity index (χ0) is 23.1. The summed E-state index contributed by atoms with van der Waals surface area (Å²) in [5.74, 6) is -0.734. The lowest BCUT2D eigenvalue weighted by Gasteiger charge is -2.30. The zero-order valence-electron chi connectivity index (χ0n) is 17.6. The van der Waals surface area contributed by atoms with Crippen LogP contribution in [0.15, 0.2) is 42.5 Å². The van der Waals surface area contributed by atoms with Crippen molar-refractivity contribution in [3.63, 3.8) is 0 Å². The second-order valence-corrected chi connectivity index (χ2v) is 8.16. The largest absolute Gasteiger partial charge is 0.352 e. The van der Waals surface area contributed by atoms with Gasteiger partial charge in [-0.3, -0.25) is 19.7 Å². The highest BCUT2D eigenvalue weighted by Gasteiger charge is 2.29. The average Bonchev–Trinajstić information content (AvgIpc) is 2.72. The summed E-state index contributed by atoms with van der Waals surface area (Å²) in [6, 6.07) is 10.1. The van der Waals surface area contributed by atoms with Crippen molar-refractivity contribution in [2.45, 2.75) is 52.2 Å². The van der Waals surface area contributed by atoms with Crippen LogP contribution in [-0.2, 0) is 22.6 Å². The van der Waals surface area contributed by atoms with Crippen LogP contribution >= 0.6 is 23.2 Å². The number of amides is 2. The number of nitrogens with one attached hydrogen (secondary N) is 1. The number of hydrogen-bond donors (Lipinski definition) is 1. The van der Waals surface area contributed by atoms with Gasteiger partial charge in [0.1, 0.15) is 6.04 Å². The van der Waals surface area contributed by atoms with Crippen LogP contribution in [0.3, 0.4) is 0 Å². The van der Waals surface area contributed by atoms with Crippen molar-refractivity contribution in [3.05, 3.63) is 73.8 Å². The molecule has 7 nitrogen and oxygen atoms in total. The SMILES string of the molecule is CC[C@H](C)NC(=O)[C@H](C)N(Cc1ccc(Cl)cc1Cl)C(=O)Cc1ccccc1[N+](=O)[O-]. The summed E-state index contributed by atoms with van der Waals surface area (Å²) in [4.78, 5) is 38.1. The number of hydrogen-bond acceptors (Lipinski definition) is 4. The van der Waals surface area contributed by atoms with E-state index in [2.05, 4.69) is 5.32 Å². The Kier molecular flexibility index (Phi) is 8.83. The van der Waals surface area contributed by atoms with Crippen LogP contribution in [0.4, 0.5) is 5.69 Å². The molecule has 0 bridgehead atoms. The molecule has 0 saturated heterocycles. The third kappa shape index (κ3) is 6.67. The topological polar surface area (TPSA) is 92.6 Å². The number of para-hydroxylation sites is 1. The van der Waals surface area contributed by atoms with E-state index >= 15 is 0 Å². The van der Waals surface area contributed by atoms with Gasteiger partial charge in [0.2, 0.25) is 11.8 Å². The van der Waals surface area contributed by atoms with Crippen LogP contribution in [0.25, 0.3) is 0 Å². The van der Waals surface area contributed by atoms with E-state index in [4.69, 9.17) is 23.2 Å². The van der Waals surface area contributed by atoms with Gasteiger partial charge >= 0.3 is 0 Å². The summed E-state index contributed by atoms with van der Waals surface area (Å²) < 4.78 is 0. The van der Waals surface area contributed by atoms with Gasteiger partial charge in [0.15, 0.2) is 0 Å². The molecule has 2 aromatic rings. The first-order valence-electron chi connectivity index (χ1n) is 9.90. The van der Waals surface area contributed by atoms with E-state index in [9.17, 15) is 19.7 Å². The lowest BCUT2D eigenvalue weighted by molar-refractivity contribution is -0.385. The third-order valence-corrected chi connectivity index (χ3v) is 5.64. The van der Waals surface area contributed by atoms with Gasteiger partial charge < -0.3 is 10.2 Å². The number of nitro benzene ring substituents is 1. The molecule has 0 aliphatic rings. The fourth-order valence-electron chi connectivity index (χ4n) is 2.98. The maximum atomic E-state index is 13.2. The number of nitrogens with zero attached hydrogens (tertiary/aromatic N) is 2. The summed E-state index contributed by atoms with van der Waals surface area (Å²) in [6.07, 6.45) is 0.523. The maximum absolute atomic E-state index is 13.2. The number of halogens is 2. The zero-order valence-corrected chi connectivity index (χ0v) is 19.1. The Bertz CT molecular complexity index is 968. The van der Waals surface area contributed by atoms with Crippen LogP contribution in [0, 0.1) is 10.1 Å². The van der Waals surface area contributed by atoms with Crippen molar-refractivity contribution in [3.8, 4) is 0 Å². The fraction of sp³-hybridized carbons (Fsp3) is 0.364. The molecule has 0 fully saturated rings. The van der Waals surface area contributed by atoms with Crippen LogP contribution in [0.1, 0.15) is 38.3 Å². The Morgan fingerprint density at radius 1 is 1.13 bits per heavy atom. The molecule has 2 atom stereocenters. The lowest BCUT2D eigenvalue weighted by Crippen LogP contribution is -2.50. The lowest BCUT2D eigenvalue weighted by atomic mass is 10.1. The van der Waals surface area contributed by atoms with E-state index in [0.717, 1.165) is 6.42 Å². The first-order chi connectivity index (χ1) is 14.6. The Morgan fingerprint density at radius 2 is 1.81 bits per heavy atom. The van der Waals surface area contributed by atoms with E-state index in [1.54, 1.807) is 37.3 Å². The monoisotopic (exact) mass is 465 g/mol. The Labute approximate surface area is 191 Å². The van der Waals surface area contributed by atoms with Crippen molar-refractivity contribution < 1.29 is 14.5 Å². The van der Waals surface area contributed by atoms with Crippen molar-refractivity contribution in [2.75, 3.05) is 0 Å². The van der Waals surface area contributed by atoms with Crippen LogP contribution in [0.2, 0.25) is 10.0 Å². The van der Waals surface area contributed by atoms with Gasteiger partial charge in [-0.05, 0) is 38.0 Å². The Morgan fingerprint density at radius 3 is 2.42 bits per heavy atom. The fourth-order valence-corrected chi connectivity index (χ4v) is 3.45. The molecule has 0 spiro atoms. The predicted octanol–water partition coefficient (Wildman–Crippen LogP) is 4.78. The molecule has 0 radical (unpaired) electrons. The van der Waals surface area contributed by atoms with Gasteiger partial charge in [0.25, 0.3) is 5.69 Å². The van der Waals surface area contributed by atoms with Gasteiger partial charge in [0.05, 0.1) is 11.3 Å². The number of carbonyl (C=O) groups excluding carboxylic acids is 2. The van der Waals surface area contributed by atoms with Crippen molar-refractivity contribution in [2.24, 2.45) is 0 Å². The molecule has 0 unspecified atom stereocenters. The third-order valence-electron chi connectivity index (χ3n) is 5.05. The minimum Gasteiger partial charge on any atom is -0.352 e. The number of nitro groups is 1. The van der Waals surface area contributed by atoms with E-state index in [0.29, 0.717) is 15.6 Å². The Balaban J connectivity index is 2.35. The summed E-state index contributed by atoms with van der Waals surface area (Å²) >= 11 is 12.2. The molecule has 0 aliphatic heterocycles. The van der Waals surface area contributed by atoms with Gasteiger partial charge in [-0.1, -0.05) is 54.4 Å². The summed E-state index contributed by atoms with van der Waals surface area (Å²) in [5.41, 5.74) is 0.751. The molecule has 2 rings (SSSR count). The van der Waals surface area contributed by atoms with Gasteiger partial charge in [0, 0.05) is 34.3 Å². The molecule has 2 amide bonds. The number of carbonyl (C=O) groups is 2. The minimum absolute atomic E-state index is 0.0544. The quantitative estimate of drug-likeness (QED) is 0.426. The van der Waals surface area contributed by atoms with Crippen LogP contribution in [-0.4, -0.2) is 33.7 Å². The van der Waals surface area contributed by atoms with Crippen LogP contribution in [0.5, 0.6) is 0 Å². The van der Waals surface area contributed by atoms with E-state index in [-0.39, 0.29) is 36.2 Å². The van der Waals surface area contributed by atoms with Gasteiger partial charge in [-0.15, -0.1) is 0 Å². The van der Waals surface area contributed by atoms with Crippen molar-refractivity contribution in [1.82, 2.24) is 10.2 Å². The molecule has 0 aromatic heterocycles. The summed E-state index contributed by atoms with van der Waals surface area (Å²) in [7, 11) is 0. The molecule has 2 aromatic carbocycles. The standard InChI is InChI=1S/C22H25Cl2N3O4/c1-4-14(2)25-22(29)15(3)26(13-17-9-10-18(23)12-19(17)24)21(28)11-16-7-5-6-8-20(16)27(30)31/h5-10,12,14-15H,4,11,13H2,1-3H3,(H,25,29)/t14-,15-/m0/s1. The smallest absolute Gasteiger partial charge is 0.273 e. The van der Waals surface area contributed by atoms with Crippen molar-refractivity contribution in [1.29, 1.82) is 0 Å². The highest BCUT2D eigenvalue weighted by molar-refractivity contribution is 6.35. The number of rotatable bonds is 9. The molecule has 0 saturated carbocycles. The Hall–Kier alpha value is -2.64. The molecule has 0 heterocycles. The highest BCUT2D eigenvalue weighted by atomic mass is 35.5. The second kappa shape index (κ2) is 11.1. The average molecular weight is 466 g/mol. The number of benzene rings is 2. The van der Waals surface area contributed by atoms with E-state index < -0.39 is 16.9 Å². The molecule has 166 valence electrons. The molecule has 0 aliphatic carbocycles. The predicted molar refractivity (Wildman–Crippen MR) is 121 cm³/mol. The molecular formula is C22H25Cl2N3O4. The first-order valence-corrected chi connectivity index (χ1v) is 10.7. The first kappa shape index (κ1) is 24.6. The summed E-state index contributed by atoms with van der Waals surface area (Å²) in [6.45, 7) is 5.50. The van der Waals surface area contributed by atoms with Crippen molar-refractivity contribution >= 4 is 40.7 Å². The normalized spacial score (nSPS) is 12.7. The van der Waals surface area contributed by atoms with E-state index in [1.165, 1.54) is 17.0 Å². The van der Waals surface area contributed by atoms with Gasteiger partial charge in [-0.2, -0.15) is 0 Å². The molecule has 1 N–H and O–H groups in total. The molecule has 31 heavy (non-hydrogen) atoms. The second-order valence-electron chi connectivity index (χ2n) is 7.31. The minimum atomic E-state index is -0.809.